The van der Waals surface area contributed by atoms with E-state index >= 15 is 0 Å². The number of H-pyrrole nitrogens is 1. The van der Waals surface area contributed by atoms with Crippen molar-refractivity contribution in [3.05, 3.63) is 48.2 Å². The van der Waals surface area contributed by atoms with Crippen molar-refractivity contribution in [1.29, 1.82) is 5.26 Å². The minimum atomic E-state index is 0.189. The zero-order valence-electron chi connectivity index (χ0n) is 12.6. The lowest BCUT2D eigenvalue weighted by atomic mass is 9.74. The van der Waals surface area contributed by atoms with Crippen molar-refractivity contribution in [2.24, 2.45) is 0 Å². The maximum absolute atomic E-state index is 9.66. The van der Waals surface area contributed by atoms with Crippen LogP contribution in [0.15, 0.2) is 37.1 Å². The van der Waals surface area contributed by atoms with Crippen LogP contribution in [-0.2, 0) is 6.42 Å². The van der Waals surface area contributed by atoms with Crippen molar-refractivity contribution in [3.63, 3.8) is 0 Å². The Hall–Kier alpha value is -2.81. The molecule has 23 heavy (non-hydrogen) atoms. The summed E-state index contributed by atoms with van der Waals surface area (Å²) >= 11 is 0. The summed E-state index contributed by atoms with van der Waals surface area (Å²) in [7, 11) is 0. The molecule has 114 valence electrons. The number of fused-ring (bicyclic) bond motifs is 2. The fraction of sp³-hybridized carbons (Fsp3) is 0.353. The maximum atomic E-state index is 9.66. The van der Waals surface area contributed by atoms with Crippen LogP contribution in [0.5, 0.6) is 0 Å². The summed E-state index contributed by atoms with van der Waals surface area (Å²) in [6.07, 6.45) is 9.76. The second kappa shape index (κ2) is 4.59. The number of rotatable bonds is 1. The van der Waals surface area contributed by atoms with E-state index < -0.39 is 0 Å². The molecule has 3 heterocycles. The second-order valence-corrected chi connectivity index (χ2v) is 6.48. The van der Waals surface area contributed by atoms with Crippen LogP contribution < -0.4 is 0 Å². The van der Waals surface area contributed by atoms with Crippen molar-refractivity contribution in [3.8, 4) is 6.19 Å². The Balaban J connectivity index is 1.64. The summed E-state index contributed by atoms with van der Waals surface area (Å²) in [6, 6.07) is 6.89. The quantitative estimate of drug-likeness (QED) is 0.699. The summed E-state index contributed by atoms with van der Waals surface area (Å²) in [5.41, 5.74) is 3.89. The Kier molecular flexibility index (Phi) is 2.54. The SMILES string of the molecule is N#CN1C[C@H](n2cncn2)C[C@@H]2c3cccc4[nH]cc(c34)C[C@H]21. The van der Waals surface area contributed by atoms with Crippen molar-refractivity contribution >= 4 is 10.9 Å². The van der Waals surface area contributed by atoms with Crippen molar-refractivity contribution < 1.29 is 0 Å². The van der Waals surface area contributed by atoms with Gasteiger partial charge in [-0.15, -0.1) is 0 Å². The zero-order valence-corrected chi connectivity index (χ0v) is 12.6. The van der Waals surface area contributed by atoms with Crippen molar-refractivity contribution in [2.75, 3.05) is 6.54 Å². The maximum Gasteiger partial charge on any atom is 0.179 e. The van der Waals surface area contributed by atoms with Gasteiger partial charge in [-0.3, -0.25) is 0 Å². The number of hydrogen-bond donors (Lipinski definition) is 1. The van der Waals surface area contributed by atoms with Gasteiger partial charge in [-0.05, 0) is 30.0 Å². The topological polar surface area (TPSA) is 73.5 Å². The summed E-state index contributed by atoms with van der Waals surface area (Å²) in [6.45, 7) is 0.705. The second-order valence-electron chi connectivity index (χ2n) is 6.48. The molecule has 0 unspecified atom stereocenters. The van der Waals surface area contributed by atoms with Gasteiger partial charge in [-0.2, -0.15) is 10.4 Å². The Morgan fingerprint density at radius 3 is 3.13 bits per heavy atom. The fourth-order valence-corrected chi connectivity index (χ4v) is 4.38. The lowest BCUT2D eigenvalue weighted by molar-refractivity contribution is 0.138. The molecule has 0 radical (unpaired) electrons. The first-order valence-electron chi connectivity index (χ1n) is 7.94. The minimum absolute atomic E-state index is 0.189. The number of aromatic nitrogens is 4. The number of benzene rings is 1. The van der Waals surface area contributed by atoms with E-state index in [2.05, 4.69) is 45.7 Å². The normalized spacial score (nSPS) is 26.0. The molecule has 0 amide bonds. The van der Waals surface area contributed by atoms with E-state index in [-0.39, 0.29) is 12.1 Å². The van der Waals surface area contributed by atoms with E-state index in [4.69, 9.17) is 0 Å². The molecule has 6 heteroatoms. The van der Waals surface area contributed by atoms with Crippen LogP contribution in [0, 0.1) is 11.5 Å². The summed E-state index contributed by atoms with van der Waals surface area (Å²) in [4.78, 5) is 9.38. The number of hydrogen-bond acceptors (Lipinski definition) is 4. The van der Waals surface area contributed by atoms with E-state index in [1.165, 1.54) is 22.0 Å². The highest BCUT2D eigenvalue weighted by atomic mass is 15.4. The van der Waals surface area contributed by atoms with Crippen molar-refractivity contribution in [2.45, 2.75) is 30.8 Å². The van der Waals surface area contributed by atoms with E-state index in [0.717, 1.165) is 12.8 Å². The zero-order chi connectivity index (χ0) is 15.4. The highest BCUT2D eigenvalue weighted by Crippen LogP contribution is 2.45. The summed E-state index contributed by atoms with van der Waals surface area (Å²) in [5, 5.41) is 15.3. The van der Waals surface area contributed by atoms with Crippen LogP contribution in [0.2, 0.25) is 0 Å². The van der Waals surface area contributed by atoms with Gasteiger partial charge in [0, 0.05) is 23.0 Å². The molecule has 2 aliphatic rings. The van der Waals surface area contributed by atoms with Crippen LogP contribution in [0.3, 0.4) is 0 Å². The molecule has 5 rings (SSSR count). The van der Waals surface area contributed by atoms with Crippen molar-refractivity contribution in [1.82, 2.24) is 24.6 Å². The van der Waals surface area contributed by atoms with Gasteiger partial charge in [0.15, 0.2) is 6.19 Å². The monoisotopic (exact) mass is 304 g/mol. The number of aromatic amines is 1. The van der Waals surface area contributed by atoms with Gasteiger partial charge in [0.2, 0.25) is 0 Å². The number of nitriles is 1. The number of piperidine rings is 1. The van der Waals surface area contributed by atoms with Crippen LogP contribution >= 0.6 is 0 Å². The molecule has 1 fully saturated rings. The number of nitrogens with zero attached hydrogens (tertiary/aromatic N) is 5. The standard InChI is InChI=1S/C17H16N6/c18-8-22-7-12(23-10-19-9-21-23)5-14-13-2-1-3-15-17(13)11(6-20-15)4-16(14)22/h1-3,6,9-10,12,14,16,20H,4-5,7H2/t12-,14-,16-/m1/s1. The Labute approximate surface area is 133 Å². The molecule has 6 nitrogen and oxygen atoms in total. The van der Waals surface area contributed by atoms with Gasteiger partial charge in [-0.25, -0.2) is 9.67 Å². The summed E-state index contributed by atoms with van der Waals surface area (Å²) < 4.78 is 1.90. The Bertz CT molecular complexity index is 903. The minimum Gasteiger partial charge on any atom is -0.361 e. The van der Waals surface area contributed by atoms with Gasteiger partial charge >= 0.3 is 0 Å². The molecule has 2 aromatic heterocycles. The van der Waals surface area contributed by atoms with Gasteiger partial charge < -0.3 is 9.88 Å². The molecular weight excluding hydrogens is 288 g/mol. The van der Waals surface area contributed by atoms with Crippen LogP contribution in [-0.4, -0.2) is 37.2 Å². The largest absolute Gasteiger partial charge is 0.361 e. The molecule has 1 N–H and O–H groups in total. The smallest absolute Gasteiger partial charge is 0.179 e. The number of likely N-dealkylation sites (tertiary alicyclic amines) is 1. The first-order chi connectivity index (χ1) is 11.3. The molecule has 0 saturated carbocycles. The average molecular weight is 304 g/mol. The van der Waals surface area contributed by atoms with Gasteiger partial charge in [0.1, 0.15) is 12.7 Å². The highest BCUT2D eigenvalue weighted by Gasteiger charge is 2.41. The predicted octanol–water partition coefficient (Wildman–Crippen LogP) is 2.20. The molecule has 0 bridgehead atoms. The molecule has 1 aliphatic carbocycles. The third-order valence-electron chi connectivity index (χ3n) is 5.39. The highest BCUT2D eigenvalue weighted by molar-refractivity contribution is 5.88. The number of nitrogens with one attached hydrogen (secondary N) is 1. The van der Waals surface area contributed by atoms with Gasteiger partial charge in [0.05, 0.1) is 18.6 Å². The van der Waals surface area contributed by atoms with Crippen LogP contribution in [0.1, 0.15) is 29.5 Å². The average Bonchev–Trinajstić information content (AvgIpc) is 3.25. The lowest BCUT2D eigenvalue weighted by Crippen LogP contribution is -2.48. The predicted molar refractivity (Wildman–Crippen MR) is 84.5 cm³/mol. The lowest BCUT2D eigenvalue weighted by Gasteiger charge is -2.44. The van der Waals surface area contributed by atoms with Crippen LogP contribution in [0.25, 0.3) is 10.9 Å². The van der Waals surface area contributed by atoms with Gasteiger partial charge in [0.25, 0.3) is 0 Å². The molecule has 1 aliphatic heterocycles. The molecule has 1 aromatic carbocycles. The van der Waals surface area contributed by atoms with E-state index in [1.54, 1.807) is 12.7 Å². The molecular formula is C17H16N6. The van der Waals surface area contributed by atoms with Crippen LogP contribution in [0.4, 0.5) is 0 Å². The molecule has 0 spiro atoms. The third kappa shape index (κ3) is 1.73. The Morgan fingerprint density at radius 2 is 2.30 bits per heavy atom. The molecule has 1 saturated heterocycles. The summed E-state index contributed by atoms with van der Waals surface area (Å²) in [5.74, 6) is 0.351. The Morgan fingerprint density at radius 1 is 1.35 bits per heavy atom. The molecule has 3 atom stereocenters. The molecule has 3 aromatic rings. The van der Waals surface area contributed by atoms with E-state index in [1.807, 2.05) is 9.58 Å². The van der Waals surface area contributed by atoms with E-state index in [9.17, 15) is 5.26 Å². The van der Waals surface area contributed by atoms with E-state index in [0.29, 0.717) is 12.5 Å². The van der Waals surface area contributed by atoms with Gasteiger partial charge in [-0.1, -0.05) is 12.1 Å². The fourth-order valence-electron chi connectivity index (χ4n) is 4.38. The first kappa shape index (κ1) is 12.7. The first-order valence-corrected chi connectivity index (χ1v) is 7.94. The third-order valence-corrected chi connectivity index (χ3v) is 5.39.